The van der Waals surface area contributed by atoms with Gasteiger partial charge in [-0.25, -0.2) is 13.4 Å². The van der Waals surface area contributed by atoms with Crippen molar-refractivity contribution in [2.24, 2.45) is 0 Å². The molecule has 6 nitrogen and oxygen atoms in total. The number of hydrogen-bond donors (Lipinski definition) is 0. The summed E-state index contributed by atoms with van der Waals surface area (Å²) in [6, 6.07) is 6.19. The molecule has 0 radical (unpaired) electrons. The molecule has 1 aromatic heterocycles. The average Bonchev–Trinajstić information content (AvgIpc) is 2.51. The van der Waals surface area contributed by atoms with Crippen molar-refractivity contribution in [3.05, 3.63) is 23.9 Å². The largest absolute Gasteiger partial charge is 0.402 e. The highest BCUT2D eigenvalue weighted by Crippen LogP contribution is 2.26. The van der Waals surface area contributed by atoms with Crippen molar-refractivity contribution in [2.75, 3.05) is 30.8 Å². The molecule has 0 aromatic carbocycles. The Balaban J connectivity index is 2.08. The van der Waals surface area contributed by atoms with Crippen LogP contribution in [0, 0.1) is 11.3 Å². The van der Waals surface area contributed by atoms with Crippen LogP contribution in [0.15, 0.2) is 18.2 Å². The zero-order valence-electron chi connectivity index (χ0n) is 13.0. The molecule has 132 valence electrons. The second-order valence-corrected chi connectivity index (χ2v) is 7.57. The van der Waals surface area contributed by atoms with E-state index < -0.39 is 28.8 Å². The summed E-state index contributed by atoms with van der Waals surface area (Å²) in [5.74, 6) is 0.564. The van der Waals surface area contributed by atoms with E-state index in [-0.39, 0.29) is 18.5 Å². The molecule has 10 heteroatoms. The zero-order valence-corrected chi connectivity index (χ0v) is 13.8. The van der Waals surface area contributed by atoms with Gasteiger partial charge in [0, 0.05) is 19.1 Å². The second-order valence-electron chi connectivity index (χ2n) is 5.63. The normalized spacial score (nSPS) is 17.1. The van der Waals surface area contributed by atoms with Crippen LogP contribution in [0.25, 0.3) is 0 Å². The van der Waals surface area contributed by atoms with Crippen LogP contribution < -0.4 is 4.90 Å². The van der Waals surface area contributed by atoms with Crippen molar-refractivity contribution in [3.63, 3.8) is 0 Å². The number of sulfonamides is 1. The number of piperidine rings is 1. The smallest absolute Gasteiger partial charge is 0.356 e. The molecule has 1 fully saturated rings. The first-order valence-electron chi connectivity index (χ1n) is 7.26. The van der Waals surface area contributed by atoms with E-state index in [0.29, 0.717) is 23.2 Å². The fourth-order valence-corrected chi connectivity index (χ4v) is 3.87. The summed E-state index contributed by atoms with van der Waals surface area (Å²) in [7, 11) is -3.95. The maximum atomic E-state index is 12.7. The summed E-state index contributed by atoms with van der Waals surface area (Å²) in [5.41, 5.74) is 0.254. The fourth-order valence-electron chi connectivity index (χ4n) is 2.74. The standard InChI is InChI=1S/C14H17F3N4O2S/c1-24(22,23)21(10-14(15,16)17)12-5-7-20(8-6-12)13-4-2-3-11(9-18)19-13/h2-4,12H,5-8,10H2,1H3. The molecule has 2 heterocycles. The third-order valence-electron chi connectivity index (χ3n) is 3.81. The second kappa shape index (κ2) is 6.94. The zero-order chi connectivity index (χ0) is 18.0. The molecule has 0 aliphatic carbocycles. The van der Waals surface area contributed by atoms with Gasteiger partial charge in [-0.1, -0.05) is 6.07 Å². The molecule has 1 saturated heterocycles. The minimum absolute atomic E-state index is 0.254. The third kappa shape index (κ3) is 4.82. The molecule has 2 rings (SSSR count). The number of pyridine rings is 1. The van der Waals surface area contributed by atoms with Crippen LogP contribution in [-0.4, -0.2) is 55.8 Å². The predicted molar refractivity (Wildman–Crippen MR) is 81.8 cm³/mol. The molecule has 0 amide bonds. The van der Waals surface area contributed by atoms with Gasteiger partial charge < -0.3 is 4.90 Å². The summed E-state index contributed by atoms with van der Waals surface area (Å²) in [6.45, 7) is -0.731. The number of nitrogens with zero attached hydrogens (tertiary/aromatic N) is 4. The van der Waals surface area contributed by atoms with E-state index in [2.05, 4.69) is 4.98 Å². The number of rotatable bonds is 4. The summed E-state index contributed by atoms with van der Waals surface area (Å²) in [6.07, 6.45) is -3.25. The number of alkyl halides is 3. The molecule has 0 N–H and O–H groups in total. The van der Waals surface area contributed by atoms with Crippen LogP contribution in [0.3, 0.4) is 0 Å². The first-order valence-corrected chi connectivity index (χ1v) is 9.10. The topological polar surface area (TPSA) is 77.3 Å². The number of halogens is 3. The van der Waals surface area contributed by atoms with Crippen LogP contribution in [-0.2, 0) is 10.0 Å². The van der Waals surface area contributed by atoms with Crippen molar-refractivity contribution >= 4 is 15.8 Å². The maximum Gasteiger partial charge on any atom is 0.402 e. The molecule has 1 aromatic rings. The van der Waals surface area contributed by atoms with Crippen molar-refractivity contribution in [1.82, 2.24) is 9.29 Å². The minimum Gasteiger partial charge on any atom is -0.356 e. The van der Waals surface area contributed by atoms with Gasteiger partial charge in [0.25, 0.3) is 0 Å². The van der Waals surface area contributed by atoms with E-state index in [1.807, 2.05) is 11.0 Å². The lowest BCUT2D eigenvalue weighted by molar-refractivity contribution is -0.139. The highest BCUT2D eigenvalue weighted by atomic mass is 32.2. The fraction of sp³-hybridized carbons (Fsp3) is 0.571. The Kier molecular flexibility index (Phi) is 5.35. The molecule has 1 aliphatic heterocycles. The molecule has 0 spiro atoms. The number of nitriles is 1. The quantitative estimate of drug-likeness (QED) is 0.815. The van der Waals surface area contributed by atoms with E-state index in [1.165, 1.54) is 0 Å². The molecule has 0 atom stereocenters. The van der Waals surface area contributed by atoms with Gasteiger partial charge in [0.2, 0.25) is 10.0 Å². The SMILES string of the molecule is CS(=O)(=O)N(CC(F)(F)F)C1CCN(c2cccc(C#N)n2)CC1. The third-order valence-corrected chi connectivity index (χ3v) is 5.09. The van der Waals surface area contributed by atoms with Crippen molar-refractivity contribution < 1.29 is 21.6 Å². The van der Waals surface area contributed by atoms with Gasteiger partial charge in [0.15, 0.2) is 0 Å². The van der Waals surface area contributed by atoms with Gasteiger partial charge >= 0.3 is 6.18 Å². The Hall–Kier alpha value is -1.86. The summed E-state index contributed by atoms with van der Waals surface area (Å²) >= 11 is 0. The lowest BCUT2D eigenvalue weighted by atomic mass is 10.0. The first kappa shape index (κ1) is 18.5. The Bertz CT molecular complexity index is 722. The van der Waals surface area contributed by atoms with Crippen molar-refractivity contribution in [3.8, 4) is 6.07 Å². The first-order chi connectivity index (χ1) is 11.1. The van der Waals surface area contributed by atoms with Gasteiger partial charge in [0.05, 0.1) is 6.26 Å². The molecule has 1 aliphatic rings. The van der Waals surface area contributed by atoms with E-state index in [9.17, 15) is 21.6 Å². The minimum atomic E-state index is -4.58. The Morgan fingerprint density at radius 3 is 2.50 bits per heavy atom. The molecule has 0 bridgehead atoms. The van der Waals surface area contributed by atoms with Gasteiger partial charge in [-0.3, -0.25) is 0 Å². The molecule has 0 unspecified atom stereocenters. The maximum absolute atomic E-state index is 12.7. The lowest BCUT2D eigenvalue weighted by Crippen LogP contribution is -2.50. The predicted octanol–water partition coefficient (Wildman–Crippen LogP) is 1.75. The molecular weight excluding hydrogens is 345 g/mol. The van der Waals surface area contributed by atoms with Crippen LogP contribution in [0.5, 0.6) is 0 Å². The van der Waals surface area contributed by atoms with Crippen LogP contribution >= 0.6 is 0 Å². The number of hydrogen-bond acceptors (Lipinski definition) is 5. The average molecular weight is 362 g/mol. The summed E-state index contributed by atoms with van der Waals surface area (Å²) in [4.78, 5) is 5.98. The van der Waals surface area contributed by atoms with Crippen LogP contribution in [0.1, 0.15) is 18.5 Å². The highest BCUT2D eigenvalue weighted by Gasteiger charge is 2.39. The van der Waals surface area contributed by atoms with Crippen molar-refractivity contribution in [2.45, 2.75) is 25.1 Å². The lowest BCUT2D eigenvalue weighted by Gasteiger charge is -2.38. The van der Waals surface area contributed by atoms with Gasteiger partial charge in [-0.15, -0.1) is 0 Å². The van der Waals surface area contributed by atoms with E-state index in [4.69, 9.17) is 5.26 Å². The summed E-state index contributed by atoms with van der Waals surface area (Å²) in [5, 5.41) is 8.86. The highest BCUT2D eigenvalue weighted by molar-refractivity contribution is 7.88. The Morgan fingerprint density at radius 1 is 1.38 bits per heavy atom. The van der Waals surface area contributed by atoms with Gasteiger partial charge in [-0.2, -0.15) is 22.7 Å². The van der Waals surface area contributed by atoms with Gasteiger partial charge in [0.1, 0.15) is 24.1 Å². The van der Waals surface area contributed by atoms with E-state index in [0.717, 1.165) is 6.26 Å². The monoisotopic (exact) mass is 362 g/mol. The van der Waals surface area contributed by atoms with E-state index >= 15 is 0 Å². The Morgan fingerprint density at radius 2 is 2.00 bits per heavy atom. The Labute approximate surface area is 138 Å². The molecule has 24 heavy (non-hydrogen) atoms. The van der Waals surface area contributed by atoms with Gasteiger partial charge in [-0.05, 0) is 25.0 Å². The van der Waals surface area contributed by atoms with E-state index in [1.54, 1.807) is 18.2 Å². The summed E-state index contributed by atoms with van der Waals surface area (Å²) < 4.78 is 61.9. The van der Waals surface area contributed by atoms with Crippen LogP contribution in [0.2, 0.25) is 0 Å². The number of aromatic nitrogens is 1. The van der Waals surface area contributed by atoms with Crippen LogP contribution in [0.4, 0.5) is 19.0 Å². The number of anilines is 1. The molecule has 0 saturated carbocycles. The van der Waals surface area contributed by atoms with Crippen molar-refractivity contribution in [1.29, 1.82) is 5.26 Å². The molecular formula is C14H17F3N4O2S.